The van der Waals surface area contributed by atoms with Gasteiger partial charge < -0.3 is 5.32 Å². The highest BCUT2D eigenvalue weighted by atomic mass is 15.2. The van der Waals surface area contributed by atoms with E-state index in [2.05, 4.69) is 71.5 Å². The minimum absolute atomic E-state index is 0.476. The summed E-state index contributed by atoms with van der Waals surface area (Å²) < 4.78 is 0. The van der Waals surface area contributed by atoms with E-state index < -0.39 is 0 Å². The molecule has 2 unspecified atom stereocenters. The second-order valence-corrected chi connectivity index (χ2v) is 5.96. The highest BCUT2D eigenvalue weighted by molar-refractivity contribution is 5.37. The number of pyridine rings is 1. The van der Waals surface area contributed by atoms with Crippen molar-refractivity contribution >= 4 is 5.82 Å². The number of hydrogen-bond acceptors (Lipinski definition) is 3. The largest absolute Gasteiger partial charge is 0.366 e. The second kappa shape index (κ2) is 6.27. The van der Waals surface area contributed by atoms with Gasteiger partial charge in [-0.05, 0) is 37.5 Å². The van der Waals surface area contributed by atoms with E-state index in [1.807, 2.05) is 6.20 Å². The maximum atomic E-state index is 4.46. The number of rotatable bonds is 4. The quantitative estimate of drug-likeness (QED) is 0.930. The number of anilines is 1. The summed E-state index contributed by atoms with van der Waals surface area (Å²) in [6.45, 7) is 6.54. The van der Waals surface area contributed by atoms with Crippen LogP contribution >= 0.6 is 0 Å². The first-order valence-corrected chi connectivity index (χ1v) is 7.69. The van der Waals surface area contributed by atoms with Gasteiger partial charge in [-0.3, -0.25) is 4.90 Å². The Labute approximate surface area is 127 Å². The molecule has 3 rings (SSSR count). The first-order valence-electron chi connectivity index (χ1n) is 7.69. The third kappa shape index (κ3) is 3.42. The van der Waals surface area contributed by atoms with E-state index in [0.29, 0.717) is 12.1 Å². The van der Waals surface area contributed by atoms with Crippen LogP contribution in [-0.2, 0) is 6.54 Å². The zero-order valence-electron chi connectivity index (χ0n) is 12.8. The molecule has 1 aromatic heterocycles. The lowest BCUT2D eigenvalue weighted by molar-refractivity contribution is 0.255. The summed E-state index contributed by atoms with van der Waals surface area (Å²) in [5.74, 6) is 0.985. The van der Waals surface area contributed by atoms with Crippen LogP contribution in [0.4, 0.5) is 5.82 Å². The molecule has 3 nitrogen and oxygen atoms in total. The molecule has 0 bridgehead atoms. The Morgan fingerprint density at radius 1 is 1.19 bits per heavy atom. The summed E-state index contributed by atoms with van der Waals surface area (Å²) in [6.07, 6.45) is 3.09. The van der Waals surface area contributed by atoms with Gasteiger partial charge in [0.2, 0.25) is 0 Å². The number of aromatic nitrogens is 1. The zero-order valence-corrected chi connectivity index (χ0v) is 12.8. The molecule has 1 fully saturated rings. The predicted molar refractivity (Wildman–Crippen MR) is 87.3 cm³/mol. The molecule has 1 aliphatic rings. The molecule has 1 N–H and O–H groups in total. The SMILES string of the molecule is Cc1ccc(NC2CCN(Cc3ccccc3)C2C)nc1. The summed E-state index contributed by atoms with van der Waals surface area (Å²) in [5, 5.41) is 3.58. The van der Waals surface area contributed by atoms with Crippen molar-refractivity contribution in [3.05, 3.63) is 59.8 Å². The van der Waals surface area contributed by atoms with Crippen LogP contribution in [0.2, 0.25) is 0 Å². The third-order valence-corrected chi connectivity index (χ3v) is 4.36. The molecule has 21 heavy (non-hydrogen) atoms. The Bertz CT molecular complexity index is 565. The van der Waals surface area contributed by atoms with Crippen LogP contribution < -0.4 is 5.32 Å². The maximum Gasteiger partial charge on any atom is 0.126 e. The van der Waals surface area contributed by atoms with E-state index in [-0.39, 0.29) is 0 Å². The Morgan fingerprint density at radius 2 is 2.00 bits per heavy atom. The fraction of sp³-hybridized carbons (Fsp3) is 0.389. The van der Waals surface area contributed by atoms with E-state index in [9.17, 15) is 0 Å². The molecular formula is C18H23N3. The van der Waals surface area contributed by atoms with Crippen LogP contribution in [0, 0.1) is 6.92 Å². The Kier molecular flexibility index (Phi) is 4.20. The molecule has 2 heterocycles. The number of nitrogens with zero attached hydrogens (tertiary/aromatic N) is 2. The van der Waals surface area contributed by atoms with Crippen molar-refractivity contribution in [2.24, 2.45) is 0 Å². The number of aryl methyl sites for hydroxylation is 1. The molecule has 1 aliphatic heterocycles. The first-order chi connectivity index (χ1) is 10.2. The van der Waals surface area contributed by atoms with Crippen LogP contribution in [0.25, 0.3) is 0 Å². The third-order valence-electron chi connectivity index (χ3n) is 4.36. The van der Waals surface area contributed by atoms with Crippen molar-refractivity contribution in [1.29, 1.82) is 0 Å². The van der Waals surface area contributed by atoms with Crippen molar-refractivity contribution in [2.45, 2.75) is 38.9 Å². The molecule has 2 aromatic rings. The molecule has 3 heteroatoms. The Hall–Kier alpha value is -1.87. The van der Waals surface area contributed by atoms with Crippen LogP contribution in [0.15, 0.2) is 48.7 Å². The average molecular weight is 281 g/mol. The molecule has 0 spiro atoms. The van der Waals surface area contributed by atoms with Gasteiger partial charge in [0, 0.05) is 31.4 Å². The summed E-state index contributed by atoms with van der Waals surface area (Å²) in [5.41, 5.74) is 2.59. The van der Waals surface area contributed by atoms with Crippen LogP contribution in [0.3, 0.4) is 0 Å². The Morgan fingerprint density at radius 3 is 2.71 bits per heavy atom. The minimum atomic E-state index is 0.476. The normalized spacial score (nSPS) is 22.4. The average Bonchev–Trinajstić information content (AvgIpc) is 2.84. The van der Waals surface area contributed by atoms with E-state index in [1.165, 1.54) is 17.5 Å². The summed E-state index contributed by atoms with van der Waals surface area (Å²) in [4.78, 5) is 7.00. The van der Waals surface area contributed by atoms with Crippen LogP contribution in [0.5, 0.6) is 0 Å². The molecule has 0 aliphatic carbocycles. The van der Waals surface area contributed by atoms with Crippen molar-refractivity contribution in [3.63, 3.8) is 0 Å². The van der Waals surface area contributed by atoms with Crippen molar-refractivity contribution in [2.75, 3.05) is 11.9 Å². The number of nitrogens with one attached hydrogen (secondary N) is 1. The lowest BCUT2D eigenvalue weighted by Gasteiger charge is -2.25. The monoisotopic (exact) mass is 281 g/mol. The second-order valence-electron chi connectivity index (χ2n) is 5.96. The van der Waals surface area contributed by atoms with Gasteiger partial charge in [-0.25, -0.2) is 4.98 Å². The molecule has 0 radical (unpaired) electrons. The van der Waals surface area contributed by atoms with E-state index >= 15 is 0 Å². The lowest BCUT2D eigenvalue weighted by atomic mass is 10.1. The van der Waals surface area contributed by atoms with Gasteiger partial charge in [-0.15, -0.1) is 0 Å². The van der Waals surface area contributed by atoms with Crippen LogP contribution in [-0.4, -0.2) is 28.5 Å². The number of benzene rings is 1. The molecule has 1 saturated heterocycles. The molecule has 1 aromatic carbocycles. The van der Waals surface area contributed by atoms with Crippen molar-refractivity contribution < 1.29 is 0 Å². The molecule has 0 amide bonds. The van der Waals surface area contributed by atoms with E-state index in [4.69, 9.17) is 0 Å². The standard InChI is InChI=1S/C18H23N3/c1-14-8-9-18(19-12-14)20-17-10-11-21(15(17)2)13-16-6-4-3-5-7-16/h3-9,12,15,17H,10-11,13H2,1-2H3,(H,19,20). The number of likely N-dealkylation sites (tertiary alicyclic amines) is 1. The lowest BCUT2D eigenvalue weighted by Crippen LogP contribution is -2.35. The van der Waals surface area contributed by atoms with Gasteiger partial charge >= 0.3 is 0 Å². The summed E-state index contributed by atoms with van der Waals surface area (Å²) in [7, 11) is 0. The Balaban J connectivity index is 1.61. The van der Waals surface area contributed by atoms with Crippen LogP contribution in [0.1, 0.15) is 24.5 Å². The molecule has 110 valence electrons. The molecular weight excluding hydrogens is 258 g/mol. The number of hydrogen-bond donors (Lipinski definition) is 1. The zero-order chi connectivity index (χ0) is 14.7. The van der Waals surface area contributed by atoms with Gasteiger partial charge in [0.25, 0.3) is 0 Å². The van der Waals surface area contributed by atoms with E-state index in [0.717, 1.165) is 18.9 Å². The van der Waals surface area contributed by atoms with Crippen molar-refractivity contribution in [3.8, 4) is 0 Å². The minimum Gasteiger partial charge on any atom is -0.366 e. The summed E-state index contributed by atoms with van der Waals surface area (Å²) in [6, 6.07) is 15.9. The first kappa shape index (κ1) is 14.1. The smallest absolute Gasteiger partial charge is 0.126 e. The van der Waals surface area contributed by atoms with E-state index in [1.54, 1.807) is 0 Å². The fourth-order valence-corrected chi connectivity index (χ4v) is 2.98. The summed E-state index contributed by atoms with van der Waals surface area (Å²) >= 11 is 0. The highest BCUT2D eigenvalue weighted by Crippen LogP contribution is 2.23. The topological polar surface area (TPSA) is 28.2 Å². The highest BCUT2D eigenvalue weighted by Gasteiger charge is 2.30. The predicted octanol–water partition coefficient (Wildman–Crippen LogP) is 3.46. The van der Waals surface area contributed by atoms with Gasteiger partial charge in [-0.2, -0.15) is 0 Å². The molecule has 2 atom stereocenters. The van der Waals surface area contributed by atoms with Gasteiger partial charge in [0.05, 0.1) is 0 Å². The van der Waals surface area contributed by atoms with Gasteiger partial charge in [0.1, 0.15) is 5.82 Å². The van der Waals surface area contributed by atoms with Gasteiger partial charge in [-0.1, -0.05) is 36.4 Å². The van der Waals surface area contributed by atoms with Gasteiger partial charge in [0.15, 0.2) is 0 Å². The fourth-order valence-electron chi connectivity index (χ4n) is 2.98. The maximum absolute atomic E-state index is 4.46. The van der Waals surface area contributed by atoms with Crippen molar-refractivity contribution in [1.82, 2.24) is 9.88 Å². The molecule has 0 saturated carbocycles.